The second-order valence-electron chi connectivity index (χ2n) is 5.10. The van der Waals surface area contributed by atoms with Crippen LogP contribution in [-0.4, -0.2) is 87.4 Å². The largest absolute Gasteiger partial charge is 0.465 e. The normalized spacial score (nSPS) is 34.6. The molecule has 0 radical (unpaired) electrons. The third-order valence-corrected chi connectivity index (χ3v) is 3.38. The summed E-state index contributed by atoms with van der Waals surface area (Å²) in [5.74, 6) is -4.32. The Labute approximate surface area is 126 Å². The van der Waals surface area contributed by atoms with Crippen LogP contribution in [0.25, 0.3) is 0 Å². The third kappa shape index (κ3) is 3.91. The number of aliphatic hydroxyl groups excluding tert-OH is 4. The topological polar surface area (TPSA) is 166 Å². The van der Waals surface area contributed by atoms with Crippen molar-refractivity contribution in [1.29, 1.82) is 0 Å². The number of aliphatic hydroxyl groups is 5. The lowest BCUT2D eigenvalue weighted by atomic mass is 9.88. The number of rotatable bonds is 5. The SMILES string of the molecule is COC(=O)[C@]1(O)C[C@@H](O)[C@@H](NC(C)=O)C([C@H](O)[C@H](O)CO)O1. The number of carbonyl (C=O) groups excluding carboxylic acids is 2. The van der Waals surface area contributed by atoms with Gasteiger partial charge in [0.1, 0.15) is 18.3 Å². The van der Waals surface area contributed by atoms with E-state index in [1.165, 1.54) is 0 Å². The molecule has 1 fully saturated rings. The van der Waals surface area contributed by atoms with E-state index in [0.29, 0.717) is 0 Å². The monoisotopic (exact) mass is 323 g/mol. The van der Waals surface area contributed by atoms with Crippen molar-refractivity contribution in [2.75, 3.05) is 13.7 Å². The van der Waals surface area contributed by atoms with Gasteiger partial charge in [0.25, 0.3) is 5.79 Å². The molecule has 6 atom stereocenters. The predicted octanol–water partition coefficient (Wildman–Crippen LogP) is -3.78. The number of carbonyl (C=O) groups is 2. The van der Waals surface area contributed by atoms with Crippen LogP contribution >= 0.6 is 0 Å². The molecule has 0 aromatic rings. The van der Waals surface area contributed by atoms with Crippen LogP contribution in [0, 0.1) is 0 Å². The van der Waals surface area contributed by atoms with Crippen LogP contribution in [0.2, 0.25) is 0 Å². The molecule has 10 nitrogen and oxygen atoms in total. The van der Waals surface area contributed by atoms with E-state index in [1.807, 2.05) is 0 Å². The van der Waals surface area contributed by atoms with E-state index in [4.69, 9.17) is 9.84 Å². The van der Waals surface area contributed by atoms with Crippen molar-refractivity contribution in [1.82, 2.24) is 5.32 Å². The predicted molar refractivity (Wildman–Crippen MR) is 69.2 cm³/mol. The van der Waals surface area contributed by atoms with Gasteiger partial charge in [-0.1, -0.05) is 0 Å². The van der Waals surface area contributed by atoms with Crippen LogP contribution in [-0.2, 0) is 19.1 Å². The van der Waals surface area contributed by atoms with Crippen LogP contribution < -0.4 is 5.32 Å². The summed E-state index contributed by atoms with van der Waals surface area (Å²) in [4.78, 5) is 22.8. The molecule has 10 heteroatoms. The van der Waals surface area contributed by atoms with Crippen molar-refractivity contribution in [2.24, 2.45) is 0 Å². The Balaban J connectivity index is 3.09. The lowest BCUT2D eigenvalue weighted by Gasteiger charge is -2.45. The summed E-state index contributed by atoms with van der Waals surface area (Å²) < 4.78 is 9.45. The van der Waals surface area contributed by atoms with E-state index in [2.05, 4.69) is 10.1 Å². The number of amides is 1. The lowest BCUT2D eigenvalue weighted by Crippen LogP contribution is -2.67. The van der Waals surface area contributed by atoms with Gasteiger partial charge >= 0.3 is 5.97 Å². The third-order valence-electron chi connectivity index (χ3n) is 3.38. The molecular formula is C12H21NO9. The highest BCUT2D eigenvalue weighted by Crippen LogP contribution is 2.31. The van der Waals surface area contributed by atoms with E-state index in [9.17, 15) is 30.0 Å². The Kier molecular flexibility index (Phi) is 6.23. The summed E-state index contributed by atoms with van der Waals surface area (Å²) in [6.07, 6.45) is -7.09. The molecule has 0 bridgehead atoms. The van der Waals surface area contributed by atoms with Crippen LogP contribution in [0.5, 0.6) is 0 Å². The molecule has 1 aliphatic heterocycles. The molecule has 1 aliphatic rings. The minimum Gasteiger partial charge on any atom is -0.465 e. The zero-order valence-corrected chi connectivity index (χ0v) is 12.2. The van der Waals surface area contributed by atoms with E-state index < -0.39 is 61.1 Å². The van der Waals surface area contributed by atoms with Crippen molar-refractivity contribution in [3.05, 3.63) is 0 Å². The van der Waals surface area contributed by atoms with Gasteiger partial charge in [0.15, 0.2) is 0 Å². The zero-order valence-electron chi connectivity index (χ0n) is 12.2. The second kappa shape index (κ2) is 7.31. The van der Waals surface area contributed by atoms with Gasteiger partial charge in [-0.3, -0.25) is 4.79 Å². The van der Waals surface area contributed by atoms with Gasteiger partial charge in [-0.2, -0.15) is 0 Å². The molecule has 0 spiro atoms. The molecule has 0 saturated carbocycles. The number of hydrogen-bond donors (Lipinski definition) is 6. The van der Waals surface area contributed by atoms with Crippen molar-refractivity contribution in [2.45, 2.75) is 49.6 Å². The van der Waals surface area contributed by atoms with Crippen molar-refractivity contribution in [3.8, 4) is 0 Å². The first-order chi connectivity index (χ1) is 10.2. The zero-order chi connectivity index (χ0) is 17.1. The Morgan fingerprint density at radius 1 is 1.45 bits per heavy atom. The standard InChI is InChI=1S/C12H21NO9/c1-5(15)13-8-6(16)3-12(20,11(19)21-2)22-10(8)9(18)7(17)4-14/h6-10,14,16-18,20H,3-4H2,1-2H3,(H,13,15)/t6-,7-,8-,9-,10?,12+/m1/s1. The summed E-state index contributed by atoms with van der Waals surface area (Å²) in [5.41, 5.74) is 0. The average molecular weight is 323 g/mol. The minimum absolute atomic E-state index is 0.563. The molecule has 6 N–H and O–H groups in total. The summed E-state index contributed by atoms with van der Waals surface area (Å²) in [7, 11) is 0.990. The highest BCUT2D eigenvalue weighted by Gasteiger charge is 2.54. The van der Waals surface area contributed by atoms with Gasteiger partial charge in [0, 0.05) is 13.3 Å². The second-order valence-corrected chi connectivity index (χ2v) is 5.10. The van der Waals surface area contributed by atoms with Gasteiger partial charge < -0.3 is 40.3 Å². The Morgan fingerprint density at radius 2 is 2.05 bits per heavy atom. The molecule has 0 aromatic heterocycles. The molecule has 0 aliphatic carbocycles. The van der Waals surface area contributed by atoms with Crippen molar-refractivity contribution in [3.63, 3.8) is 0 Å². The van der Waals surface area contributed by atoms with E-state index >= 15 is 0 Å². The first-order valence-electron chi connectivity index (χ1n) is 6.57. The quantitative estimate of drug-likeness (QED) is 0.278. The summed E-state index contributed by atoms with van der Waals surface area (Å²) in [6.45, 7) is 0.320. The summed E-state index contributed by atoms with van der Waals surface area (Å²) in [5, 5.41) is 50.8. The molecule has 22 heavy (non-hydrogen) atoms. The van der Waals surface area contributed by atoms with Crippen LogP contribution in [0.4, 0.5) is 0 Å². The fraction of sp³-hybridized carbons (Fsp3) is 0.833. The van der Waals surface area contributed by atoms with Gasteiger partial charge in [-0.05, 0) is 0 Å². The van der Waals surface area contributed by atoms with E-state index in [-0.39, 0.29) is 0 Å². The maximum atomic E-state index is 11.6. The number of methoxy groups -OCH3 is 1. The van der Waals surface area contributed by atoms with Crippen molar-refractivity contribution >= 4 is 11.9 Å². The first-order valence-corrected chi connectivity index (χ1v) is 6.57. The lowest BCUT2D eigenvalue weighted by molar-refractivity contribution is -0.296. The minimum atomic E-state index is -2.55. The van der Waals surface area contributed by atoms with Crippen LogP contribution in [0.1, 0.15) is 13.3 Å². The summed E-state index contributed by atoms with van der Waals surface area (Å²) in [6, 6.07) is -1.21. The molecule has 0 aromatic carbocycles. The van der Waals surface area contributed by atoms with Gasteiger partial charge in [-0.15, -0.1) is 0 Å². The fourth-order valence-electron chi connectivity index (χ4n) is 2.29. The number of hydrogen-bond acceptors (Lipinski definition) is 9. The first kappa shape index (κ1) is 18.7. The maximum absolute atomic E-state index is 11.6. The van der Waals surface area contributed by atoms with Gasteiger partial charge in [-0.25, -0.2) is 4.79 Å². The number of esters is 1. The molecule has 128 valence electrons. The van der Waals surface area contributed by atoms with Gasteiger partial charge in [0.2, 0.25) is 5.91 Å². The molecule has 1 heterocycles. The van der Waals surface area contributed by atoms with E-state index in [0.717, 1.165) is 14.0 Å². The summed E-state index contributed by atoms with van der Waals surface area (Å²) >= 11 is 0. The number of nitrogens with one attached hydrogen (secondary N) is 1. The molecule has 1 amide bonds. The Hall–Kier alpha value is -1.30. The van der Waals surface area contributed by atoms with Crippen molar-refractivity contribution < 1.29 is 44.6 Å². The van der Waals surface area contributed by atoms with Crippen LogP contribution in [0.15, 0.2) is 0 Å². The Morgan fingerprint density at radius 3 is 2.50 bits per heavy atom. The highest BCUT2D eigenvalue weighted by atomic mass is 16.7. The number of ether oxygens (including phenoxy) is 2. The highest BCUT2D eigenvalue weighted by molar-refractivity contribution is 5.78. The maximum Gasteiger partial charge on any atom is 0.366 e. The smallest absolute Gasteiger partial charge is 0.366 e. The Bertz CT molecular complexity index is 417. The molecule has 1 rings (SSSR count). The molecule has 1 saturated heterocycles. The molecule has 1 unspecified atom stereocenters. The average Bonchev–Trinajstić information content (AvgIpc) is 2.46. The molecular weight excluding hydrogens is 302 g/mol. The van der Waals surface area contributed by atoms with Crippen LogP contribution in [0.3, 0.4) is 0 Å². The van der Waals surface area contributed by atoms with Gasteiger partial charge in [0.05, 0.1) is 25.9 Å². The van der Waals surface area contributed by atoms with E-state index in [1.54, 1.807) is 0 Å². The fourth-order valence-corrected chi connectivity index (χ4v) is 2.29.